The highest BCUT2D eigenvalue weighted by atomic mass is 35.5. The number of hydrogen-bond donors (Lipinski definition) is 0. The third-order valence-corrected chi connectivity index (χ3v) is 2.69. The summed E-state index contributed by atoms with van der Waals surface area (Å²) in [6.45, 7) is 0.128. The molecule has 0 saturated heterocycles. The first kappa shape index (κ1) is 12.7. The molecule has 0 N–H and O–H groups in total. The molecule has 0 aliphatic heterocycles. The third-order valence-electron chi connectivity index (χ3n) is 2.45. The van der Waals surface area contributed by atoms with E-state index in [2.05, 4.69) is 0 Å². The van der Waals surface area contributed by atoms with Gasteiger partial charge in [-0.25, -0.2) is 4.39 Å². The molecule has 0 unspecified atom stereocenters. The van der Waals surface area contributed by atoms with Crippen molar-refractivity contribution in [3.63, 3.8) is 0 Å². The zero-order valence-electron chi connectivity index (χ0n) is 9.82. The van der Waals surface area contributed by atoms with Crippen LogP contribution in [0.2, 0.25) is 5.02 Å². The Morgan fingerprint density at radius 2 is 1.94 bits per heavy atom. The second-order valence-corrected chi connectivity index (χ2v) is 4.12. The molecule has 18 heavy (non-hydrogen) atoms. The quantitative estimate of drug-likeness (QED) is 0.831. The largest absolute Gasteiger partial charge is 0.494 e. The molecule has 0 aliphatic rings. The molecular formula is C14H12ClFO2. The van der Waals surface area contributed by atoms with Crippen molar-refractivity contribution >= 4 is 11.6 Å². The van der Waals surface area contributed by atoms with Gasteiger partial charge in [-0.05, 0) is 24.3 Å². The molecule has 0 spiro atoms. The molecule has 94 valence electrons. The average Bonchev–Trinajstić information content (AvgIpc) is 2.38. The highest BCUT2D eigenvalue weighted by Gasteiger charge is 2.08. The van der Waals surface area contributed by atoms with Crippen molar-refractivity contribution in [3.8, 4) is 11.5 Å². The van der Waals surface area contributed by atoms with Crippen molar-refractivity contribution in [1.29, 1.82) is 0 Å². The lowest BCUT2D eigenvalue weighted by atomic mass is 10.2. The summed E-state index contributed by atoms with van der Waals surface area (Å²) in [5, 5.41) is 0.582. The Morgan fingerprint density at radius 3 is 2.67 bits per heavy atom. The van der Waals surface area contributed by atoms with Crippen LogP contribution in [0.15, 0.2) is 42.5 Å². The van der Waals surface area contributed by atoms with Crippen molar-refractivity contribution in [3.05, 3.63) is 58.9 Å². The highest BCUT2D eigenvalue weighted by molar-refractivity contribution is 6.30. The second kappa shape index (κ2) is 5.74. The lowest BCUT2D eigenvalue weighted by Crippen LogP contribution is -2.00. The first-order chi connectivity index (χ1) is 8.70. The number of rotatable bonds is 4. The van der Waals surface area contributed by atoms with E-state index in [4.69, 9.17) is 21.1 Å². The van der Waals surface area contributed by atoms with Gasteiger partial charge in [-0.1, -0.05) is 29.8 Å². The van der Waals surface area contributed by atoms with E-state index in [9.17, 15) is 4.39 Å². The summed E-state index contributed by atoms with van der Waals surface area (Å²) >= 11 is 5.83. The fourth-order valence-electron chi connectivity index (χ4n) is 1.54. The molecule has 0 aliphatic carbocycles. The van der Waals surface area contributed by atoms with Gasteiger partial charge in [0.05, 0.1) is 7.11 Å². The lowest BCUT2D eigenvalue weighted by molar-refractivity contribution is 0.295. The normalized spacial score (nSPS) is 10.2. The predicted molar refractivity (Wildman–Crippen MR) is 68.7 cm³/mol. The smallest absolute Gasteiger partial charge is 0.171 e. The SMILES string of the molecule is COc1cccc(COc2cccc(Cl)c2)c1F. The van der Waals surface area contributed by atoms with Crippen molar-refractivity contribution in [1.82, 2.24) is 0 Å². The van der Waals surface area contributed by atoms with Crippen LogP contribution in [-0.4, -0.2) is 7.11 Å². The number of methoxy groups -OCH3 is 1. The van der Waals surface area contributed by atoms with Crippen LogP contribution in [0.1, 0.15) is 5.56 Å². The molecular weight excluding hydrogens is 255 g/mol. The summed E-state index contributed by atoms with van der Waals surface area (Å²) in [5.41, 5.74) is 0.439. The van der Waals surface area contributed by atoms with Crippen LogP contribution in [0.5, 0.6) is 11.5 Å². The standard InChI is InChI=1S/C14H12ClFO2/c1-17-13-7-2-4-10(14(13)16)9-18-12-6-3-5-11(15)8-12/h2-8H,9H2,1H3. The van der Waals surface area contributed by atoms with Gasteiger partial charge in [-0.15, -0.1) is 0 Å². The fraction of sp³-hybridized carbons (Fsp3) is 0.143. The van der Waals surface area contributed by atoms with Gasteiger partial charge in [0, 0.05) is 10.6 Å². The van der Waals surface area contributed by atoms with Gasteiger partial charge in [0.15, 0.2) is 11.6 Å². The first-order valence-electron chi connectivity index (χ1n) is 5.40. The Morgan fingerprint density at radius 1 is 1.17 bits per heavy atom. The Bertz CT molecular complexity index is 543. The lowest BCUT2D eigenvalue weighted by Gasteiger charge is -2.09. The van der Waals surface area contributed by atoms with Crippen molar-refractivity contribution < 1.29 is 13.9 Å². The molecule has 2 aromatic carbocycles. The minimum absolute atomic E-state index is 0.128. The monoisotopic (exact) mass is 266 g/mol. The van der Waals surface area contributed by atoms with E-state index in [1.165, 1.54) is 7.11 Å². The molecule has 4 heteroatoms. The molecule has 0 fully saturated rings. The van der Waals surface area contributed by atoms with E-state index >= 15 is 0 Å². The number of hydrogen-bond acceptors (Lipinski definition) is 2. The van der Waals surface area contributed by atoms with Gasteiger partial charge in [0.1, 0.15) is 12.4 Å². The van der Waals surface area contributed by atoms with Crippen molar-refractivity contribution in [2.45, 2.75) is 6.61 Å². The Balaban J connectivity index is 2.11. The van der Waals surface area contributed by atoms with Crippen molar-refractivity contribution in [2.75, 3.05) is 7.11 Å². The van der Waals surface area contributed by atoms with E-state index in [0.29, 0.717) is 16.3 Å². The summed E-state index contributed by atoms with van der Waals surface area (Å²) in [4.78, 5) is 0. The second-order valence-electron chi connectivity index (χ2n) is 3.68. The minimum atomic E-state index is -0.401. The van der Waals surface area contributed by atoms with Crippen LogP contribution in [0.4, 0.5) is 4.39 Å². The third kappa shape index (κ3) is 2.93. The van der Waals surface area contributed by atoms with Gasteiger partial charge in [0.2, 0.25) is 0 Å². The molecule has 0 atom stereocenters. The summed E-state index contributed by atoms with van der Waals surface area (Å²) in [7, 11) is 1.43. The van der Waals surface area contributed by atoms with E-state index in [-0.39, 0.29) is 12.4 Å². The first-order valence-corrected chi connectivity index (χ1v) is 5.78. The Hall–Kier alpha value is -1.74. The zero-order valence-corrected chi connectivity index (χ0v) is 10.6. The van der Waals surface area contributed by atoms with Gasteiger partial charge in [-0.2, -0.15) is 0 Å². The maximum atomic E-state index is 13.8. The number of benzene rings is 2. The minimum Gasteiger partial charge on any atom is -0.494 e. The predicted octanol–water partition coefficient (Wildman–Crippen LogP) is 4.07. The van der Waals surface area contributed by atoms with E-state index in [0.717, 1.165) is 0 Å². The fourth-order valence-corrected chi connectivity index (χ4v) is 1.72. The van der Waals surface area contributed by atoms with E-state index in [1.807, 2.05) is 0 Å². The molecule has 0 radical (unpaired) electrons. The van der Waals surface area contributed by atoms with Gasteiger partial charge in [-0.3, -0.25) is 0 Å². The van der Waals surface area contributed by atoms with Gasteiger partial charge < -0.3 is 9.47 Å². The molecule has 0 bridgehead atoms. The molecule has 2 aromatic rings. The molecule has 0 amide bonds. The van der Waals surface area contributed by atoms with E-state index in [1.54, 1.807) is 42.5 Å². The number of halogens is 2. The van der Waals surface area contributed by atoms with Crippen LogP contribution in [0, 0.1) is 5.82 Å². The molecule has 2 rings (SSSR count). The van der Waals surface area contributed by atoms with Crippen LogP contribution >= 0.6 is 11.6 Å². The van der Waals surface area contributed by atoms with Crippen LogP contribution in [-0.2, 0) is 6.61 Å². The van der Waals surface area contributed by atoms with Crippen LogP contribution in [0.25, 0.3) is 0 Å². The summed E-state index contributed by atoms with van der Waals surface area (Å²) in [6.07, 6.45) is 0. The summed E-state index contributed by atoms with van der Waals surface area (Å²) in [6, 6.07) is 11.9. The molecule has 0 aromatic heterocycles. The summed E-state index contributed by atoms with van der Waals surface area (Å²) < 4.78 is 24.2. The van der Waals surface area contributed by atoms with Crippen LogP contribution < -0.4 is 9.47 Å². The summed E-state index contributed by atoms with van der Waals surface area (Å²) in [5.74, 6) is 0.411. The van der Waals surface area contributed by atoms with Gasteiger partial charge in [0.25, 0.3) is 0 Å². The van der Waals surface area contributed by atoms with Gasteiger partial charge >= 0.3 is 0 Å². The zero-order chi connectivity index (χ0) is 13.0. The molecule has 0 heterocycles. The number of ether oxygens (including phenoxy) is 2. The highest BCUT2D eigenvalue weighted by Crippen LogP contribution is 2.22. The maximum absolute atomic E-state index is 13.8. The topological polar surface area (TPSA) is 18.5 Å². The van der Waals surface area contributed by atoms with Crippen molar-refractivity contribution in [2.24, 2.45) is 0 Å². The molecule has 0 saturated carbocycles. The maximum Gasteiger partial charge on any atom is 0.171 e. The Labute approximate surface area is 110 Å². The van der Waals surface area contributed by atoms with E-state index < -0.39 is 5.82 Å². The molecule has 2 nitrogen and oxygen atoms in total. The Kier molecular flexibility index (Phi) is 4.05. The van der Waals surface area contributed by atoms with Crippen LogP contribution in [0.3, 0.4) is 0 Å². The average molecular weight is 267 g/mol.